The van der Waals surface area contributed by atoms with Gasteiger partial charge < -0.3 is 24.8 Å². The average Bonchev–Trinajstić information content (AvgIpc) is 2.89. The Bertz CT molecular complexity index is 1020. The van der Waals surface area contributed by atoms with Crippen LogP contribution in [0.2, 0.25) is 0 Å². The Labute approximate surface area is 211 Å². The van der Waals surface area contributed by atoms with Crippen molar-refractivity contribution >= 4 is 19.7 Å². The van der Waals surface area contributed by atoms with Crippen LogP contribution in [0.4, 0.5) is 0 Å². The van der Waals surface area contributed by atoms with Gasteiger partial charge in [0.05, 0.1) is 33.0 Å². The van der Waals surface area contributed by atoms with Crippen molar-refractivity contribution < 1.29 is 37.8 Å². The van der Waals surface area contributed by atoms with Crippen LogP contribution in [0.1, 0.15) is 30.4 Å². The molecule has 0 aliphatic carbocycles. The molecule has 0 amide bonds. The van der Waals surface area contributed by atoms with Gasteiger partial charge in [-0.15, -0.1) is 0 Å². The summed E-state index contributed by atoms with van der Waals surface area (Å²) in [5.74, 6) is -1.10. The maximum Gasteiger partial charge on any atom is 0.459 e. The summed E-state index contributed by atoms with van der Waals surface area (Å²) >= 11 is 0. The molecular formula is C25H35N2O8P. The van der Waals surface area contributed by atoms with Gasteiger partial charge in [-0.05, 0) is 43.9 Å². The van der Waals surface area contributed by atoms with Crippen molar-refractivity contribution in [1.82, 2.24) is 5.09 Å². The third kappa shape index (κ3) is 9.72. The van der Waals surface area contributed by atoms with Gasteiger partial charge in [0.1, 0.15) is 11.8 Å². The maximum absolute atomic E-state index is 13.8. The molecule has 2 aromatic rings. The van der Waals surface area contributed by atoms with Crippen molar-refractivity contribution in [3.05, 3.63) is 65.7 Å². The summed E-state index contributed by atoms with van der Waals surface area (Å²) < 4.78 is 34.5. The summed E-state index contributed by atoms with van der Waals surface area (Å²) in [6.07, 6.45) is 0.678. The molecule has 0 bridgehead atoms. The third-order valence-corrected chi connectivity index (χ3v) is 7.05. The van der Waals surface area contributed by atoms with Crippen LogP contribution in [0, 0.1) is 6.92 Å². The molecule has 0 radical (unpaired) electrons. The van der Waals surface area contributed by atoms with E-state index in [1.165, 1.54) is 14.2 Å². The molecule has 2 unspecified atom stereocenters. The van der Waals surface area contributed by atoms with Gasteiger partial charge in [-0.1, -0.05) is 48.0 Å². The van der Waals surface area contributed by atoms with Gasteiger partial charge in [-0.25, -0.2) is 4.57 Å². The molecule has 2 aromatic carbocycles. The number of para-hydroxylation sites is 1. The first kappa shape index (κ1) is 29.5. The monoisotopic (exact) mass is 522 g/mol. The highest BCUT2D eigenvalue weighted by atomic mass is 31.2. The average molecular weight is 523 g/mol. The van der Waals surface area contributed by atoms with Crippen LogP contribution in [0.5, 0.6) is 5.75 Å². The van der Waals surface area contributed by atoms with E-state index in [1.807, 2.05) is 31.2 Å². The molecule has 36 heavy (non-hydrogen) atoms. The van der Waals surface area contributed by atoms with E-state index in [1.54, 1.807) is 30.3 Å². The minimum atomic E-state index is -4.24. The van der Waals surface area contributed by atoms with Crippen molar-refractivity contribution in [1.29, 1.82) is 0 Å². The first-order chi connectivity index (χ1) is 17.1. The lowest BCUT2D eigenvalue weighted by atomic mass is 9.94. The standard InChI is InChI=1S/C25H35N2O8P/c1-19-9-11-20(12-10-19)15-16-25(26,17-28)18-34-36(31,35-21-7-5-4-6-8-21)27-22(24(30)33-3)13-14-23(29)32-2/h4-12,22,28H,13-18,26H2,1-3H3,(H,27,31)/t22-,25?,36?/m1/s1. The van der Waals surface area contributed by atoms with E-state index in [4.69, 9.17) is 19.5 Å². The number of esters is 2. The Morgan fingerprint density at radius 2 is 1.75 bits per heavy atom. The summed E-state index contributed by atoms with van der Waals surface area (Å²) in [5, 5.41) is 12.6. The molecule has 4 N–H and O–H groups in total. The highest BCUT2D eigenvalue weighted by Crippen LogP contribution is 2.46. The van der Waals surface area contributed by atoms with Gasteiger partial charge >= 0.3 is 19.7 Å². The Morgan fingerprint density at radius 1 is 1.08 bits per heavy atom. The summed E-state index contributed by atoms with van der Waals surface area (Å²) in [7, 11) is -1.85. The maximum atomic E-state index is 13.8. The second-order valence-corrected chi connectivity index (χ2v) is 10.2. The molecule has 0 aliphatic rings. The Hall–Kier alpha value is -2.75. The lowest BCUT2D eigenvalue weighted by Crippen LogP contribution is -2.49. The lowest BCUT2D eigenvalue weighted by molar-refractivity contribution is -0.144. The zero-order valence-corrected chi connectivity index (χ0v) is 21.7. The van der Waals surface area contributed by atoms with Crippen LogP contribution in [0.15, 0.2) is 54.6 Å². The number of carbonyl (C=O) groups excluding carboxylic acids is 2. The van der Waals surface area contributed by atoms with E-state index in [0.29, 0.717) is 12.8 Å². The second-order valence-electron chi connectivity index (χ2n) is 8.50. The Balaban J connectivity index is 2.19. The number of carbonyl (C=O) groups is 2. The van der Waals surface area contributed by atoms with Crippen LogP contribution in [0.25, 0.3) is 0 Å². The third-order valence-electron chi connectivity index (χ3n) is 5.50. The zero-order valence-electron chi connectivity index (χ0n) is 20.8. The first-order valence-electron chi connectivity index (χ1n) is 11.5. The predicted molar refractivity (Wildman–Crippen MR) is 134 cm³/mol. The van der Waals surface area contributed by atoms with E-state index < -0.39 is 37.9 Å². The van der Waals surface area contributed by atoms with Gasteiger partial charge in [-0.3, -0.25) is 14.1 Å². The van der Waals surface area contributed by atoms with Gasteiger partial charge in [0.2, 0.25) is 0 Å². The molecule has 0 spiro atoms. The molecule has 11 heteroatoms. The lowest BCUT2D eigenvalue weighted by Gasteiger charge is -2.30. The number of methoxy groups -OCH3 is 2. The minimum absolute atomic E-state index is 0.0773. The van der Waals surface area contributed by atoms with E-state index in [-0.39, 0.29) is 25.2 Å². The molecule has 2 rings (SSSR count). The molecule has 10 nitrogen and oxygen atoms in total. The SMILES string of the molecule is COC(=O)CC[C@@H](NP(=O)(OCC(N)(CO)CCc1ccc(C)cc1)Oc1ccccc1)C(=O)OC. The van der Waals surface area contributed by atoms with Crippen LogP contribution in [-0.2, 0) is 34.6 Å². The van der Waals surface area contributed by atoms with E-state index >= 15 is 0 Å². The molecule has 0 fully saturated rings. The number of aliphatic hydroxyl groups excluding tert-OH is 1. The van der Waals surface area contributed by atoms with Gasteiger partial charge in [0, 0.05) is 6.42 Å². The number of benzene rings is 2. The molecule has 198 valence electrons. The summed E-state index contributed by atoms with van der Waals surface area (Å²) in [4.78, 5) is 24.0. The van der Waals surface area contributed by atoms with Gasteiger partial charge in [-0.2, -0.15) is 5.09 Å². The molecule has 0 aromatic heterocycles. The van der Waals surface area contributed by atoms with Crippen molar-refractivity contribution in [3.63, 3.8) is 0 Å². The fourth-order valence-electron chi connectivity index (χ4n) is 3.20. The molecule has 0 aliphatic heterocycles. The van der Waals surface area contributed by atoms with Crippen LogP contribution >= 0.6 is 7.75 Å². The first-order valence-corrected chi connectivity index (χ1v) is 13.0. The zero-order chi connectivity index (χ0) is 26.6. The quantitative estimate of drug-likeness (QED) is 0.236. The number of aryl methyl sites for hydroxylation is 2. The van der Waals surface area contributed by atoms with Gasteiger partial charge in [0.25, 0.3) is 0 Å². The van der Waals surface area contributed by atoms with E-state index in [0.717, 1.165) is 11.1 Å². The summed E-state index contributed by atoms with van der Waals surface area (Å²) in [6.45, 7) is 1.22. The van der Waals surface area contributed by atoms with Crippen molar-refractivity contribution in [3.8, 4) is 5.75 Å². The minimum Gasteiger partial charge on any atom is -0.469 e. The van der Waals surface area contributed by atoms with Gasteiger partial charge in [0.15, 0.2) is 0 Å². The number of nitrogens with two attached hydrogens (primary N) is 1. The number of aliphatic hydroxyl groups is 1. The van der Waals surface area contributed by atoms with E-state index in [2.05, 4.69) is 9.82 Å². The number of nitrogens with one attached hydrogen (secondary N) is 1. The highest BCUT2D eigenvalue weighted by molar-refractivity contribution is 7.52. The summed E-state index contributed by atoms with van der Waals surface area (Å²) in [5.41, 5.74) is 7.29. The summed E-state index contributed by atoms with van der Waals surface area (Å²) in [6, 6.07) is 15.0. The molecule has 0 saturated carbocycles. The van der Waals surface area contributed by atoms with Crippen molar-refractivity contribution in [2.75, 3.05) is 27.4 Å². The van der Waals surface area contributed by atoms with Crippen LogP contribution in [0.3, 0.4) is 0 Å². The fourth-order valence-corrected chi connectivity index (χ4v) is 4.82. The number of ether oxygens (including phenoxy) is 2. The van der Waals surface area contributed by atoms with Crippen LogP contribution in [-0.4, -0.2) is 56.1 Å². The fraction of sp³-hybridized carbons (Fsp3) is 0.440. The molecular weight excluding hydrogens is 487 g/mol. The molecule has 0 saturated heterocycles. The highest BCUT2D eigenvalue weighted by Gasteiger charge is 2.37. The molecule has 3 atom stereocenters. The Morgan fingerprint density at radius 3 is 2.33 bits per heavy atom. The van der Waals surface area contributed by atoms with Crippen LogP contribution < -0.4 is 15.3 Å². The normalized spacial score (nSPS) is 15.2. The predicted octanol–water partition coefficient (Wildman–Crippen LogP) is 2.91. The molecule has 0 heterocycles. The number of rotatable bonds is 15. The second kappa shape index (κ2) is 14.1. The topological polar surface area (TPSA) is 146 Å². The number of hydrogen-bond acceptors (Lipinski definition) is 9. The van der Waals surface area contributed by atoms with E-state index in [9.17, 15) is 19.3 Å². The number of hydrogen-bond donors (Lipinski definition) is 3. The Kier molecular flexibility index (Phi) is 11.6. The van der Waals surface area contributed by atoms with Crippen molar-refractivity contribution in [2.45, 2.75) is 44.2 Å². The van der Waals surface area contributed by atoms with Crippen molar-refractivity contribution in [2.24, 2.45) is 5.73 Å². The largest absolute Gasteiger partial charge is 0.469 e. The smallest absolute Gasteiger partial charge is 0.459 e.